The van der Waals surface area contributed by atoms with Crippen molar-refractivity contribution in [3.8, 4) is 5.75 Å². The highest BCUT2D eigenvalue weighted by Gasteiger charge is 2.30. The minimum Gasteiger partial charge on any atom is -0.489 e. The summed E-state index contributed by atoms with van der Waals surface area (Å²) in [6.07, 6.45) is -4.41. The lowest BCUT2D eigenvalue weighted by Gasteiger charge is -2.08. The summed E-state index contributed by atoms with van der Waals surface area (Å²) in [5, 5.41) is 5.01. The molecule has 3 nitrogen and oxygen atoms in total. The summed E-state index contributed by atoms with van der Waals surface area (Å²) in [6, 6.07) is 11.3. The average Bonchev–Trinajstić information content (AvgIpc) is 3.10. The smallest absolute Gasteiger partial charge is 0.416 e. The highest BCUT2D eigenvalue weighted by atomic mass is 35.5. The molecule has 1 aromatic heterocycles. The van der Waals surface area contributed by atoms with Gasteiger partial charge in [0.05, 0.1) is 10.4 Å². The van der Waals surface area contributed by atoms with Crippen molar-refractivity contribution in [2.24, 2.45) is 0 Å². The molecule has 0 aliphatic heterocycles. The molecule has 0 unspecified atom stereocenters. The number of thiophene rings is 1. The van der Waals surface area contributed by atoms with Crippen LogP contribution in [-0.2, 0) is 12.8 Å². The minimum atomic E-state index is -4.41. The molecule has 0 aliphatic rings. The first-order valence-electron chi connectivity index (χ1n) is 8.17. The van der Waals surface area contributed by atoms with Gasteiger partial charge in [-0.05, 0) is 66.4 Å². The highest BCUT2D eigenvalue weighted by Crippen LogP contribution is 2.30. The van der Waals surface area contributed by atoms with E-state index in [1.807, 2.05) is 6.92 Å². The van der Waals surface area contributed by atoms with Crippen LogP contribution in [0, 0.1) is 6.92 Å². The molecule has 0 atom stereocenters. The van der Waals surface area contributed by atoms with Crippen LogP contribution in [0.2, 0.25) is 5.02 Å². The maximum atomic E-state index is 12.6. The predicted octanol–water partition coefficient (Wildman–Crippen LogP) is 6.56. The molecule has 0 bridgehead atoms. The van der Waals surface area contributed by atoms with Crippen LogP contribution in [0.15, 0.2) is 53.9 Å². The third-order valence-electron chi connectivity index (χ3n) is 3.88. The highest BCUT2D eigenvalue weighted by molar-refractivity contribution is 7.12. The number of hydrogen-bond donors (Lipinski definition) is 1. The fraction of sp³-hybridized carbons (Fsp3) is 0.150. The molecule has 1 heterocycles. The minimum absolute atomic E-state index is 0.284. The van der Waals surface area contributed by atoms with E-state index in [0.717, 1.165) is 23.3 Å². The molecular weight excluding hydrogens is 411 g/mol. The first kappa shape index (κ1) is 20.2. The zero-order chi connectivity index (χ0) is 20.3. The second-order valence-corrected chi connectivity index (χ2v) is 7.39. The number of anilines is 1. The van der Waals surface area contributed by atoms with E-state index in [1.54, 1.807) is 29.6 Å². The van der Waals surface area contributed by atoms with Crippen LogP contribution in [0.4, 0.5) is 18.9 Å². The molecular formula is C20H15ClF3NO2S. The molecule has 3 aromatic rings. The van der Waals surface area contributed by atoms with Gasteiger partial charge in [0.2, 0.25) is 0 Å². The second-order valence-electron chi connectivity index (χ2n) is 6.05. The Bertz CT molecular complexity index is 984. The quantitative estimate of drug-likeness (QED) is 0.502. The second kappa shape index (κ2) is 8.24. The lowest BCUT2D eigenvalue weighted by Crippen LogP contribution is -2.11. The van der Waals surface area contributed by atoms with Crippen molar-refractivity contribution in [3.05, 3.63) is 80.5 Å². The number of aryl methyl sites for hydroxylation is 1. The van der Waals surface area contributed by atoms with Crippen molar-refractivity contribution in [2.45, 2.75) is 19.7 Å². The monoisotopic (exact) mass is 425 g/mol. The molecule has 0 fully saturated rings. The van der Waals surface area contributed by atoms with Crippen LogP contribution in [-0.4, -0.2) is 5.91 Å². The number of rotatable bonds is 5. The maximum absolute atomic E-state index is 12.6. The van der Waals surface area contributed by atoms with Crippen LogP contribution >= 0.6 is 22.9 Å². The van der Waals surface area contributed by atoms with E-state index in [4.69, 9.17) is 16.3 Å². The Morgan fingerprint density at radius 2 is 1.86 bits per heavy atom. The Hall–Kier alpha value is -2.51. The molecule has 0 spiro atoms. The van der Waals surface area contributed by atoms with E-state index in [1.165, 1.54) is 23.5 Å². The molecule has 3 rings (SSSR count). The lowest BCUT2D eigenvalue weighted by atomic mass is 10.2. The summed E-state index contributed by atoms with van der Waals surface area (Å²) in [5.74, 6) is 0.310. The summed E-state index contributed by atoms with van der Waals surface area (Å²) in [5.41, 5.74) is 1.25. The van der Waals surface area contributed by atoms with Gasteiger partial charge in [-0.1, -0.05) is 11.6 Å². The molecule has 0 radical (unpaired) electrons. The van der Waals surface area contributed by atoms with Gasteiger partial charge in [0.15, 0.2) is 0 Å². The Balaban J connectivity index is 1.60. The Kier molecular flexibility index (Phi) is 5.96. The standard InChI is InChI=1S/C20H15ClF3NO2S/c1-12-8-15(21)4-7-17(12)27-10-13-9-18(28-11-13)19(26)25-16-5-2-14(3-6-16)20(22,23)24/h2-9,11H,10H2,1H3,(H,25,26). The van der Waals surface area contributed by atoms with Gasteiger partial charge >= 0.3 is 6.18 Å². The zero-order valence-electron chi connectivity index (χ0n) is 14.6. The number of benzene rings is 2. The van der Waals surface area contributed by atoms with Crippen LogP contribution in [0.3, 0.4) is 0 Å². The van der Waals surface area contributed by atoms with Crippen molar-refractivity contribution in [2.75, 3.05) is 5.32 Å². The molecule has 8 heteroatoms. The number of alkyl halides is 3. The van der Waals surface area contributed by atoms with E-state index in [2.05, 4.69) is 5.32 Å². The van der Waals surface area contributed by atoms with Gasteiger partial charge in [0.25, 0.3) is 5.91 Å². The third-order valence-corrected chi connectivity index (χ3v) is 5.09. The maximum Gasteiger partial charge on any atom is 0.416 e. The lowest BCUT2D eigenvalue weighted by molar-refractivity contribution is -0.137. The number of hydrogen-bond acceptors (Lipinski definition) is 3. The molecule has 0 saturated carbocycles. The topological polar surface area (TPSA) is 38.3 Å². The van der Waals surface area contributed by atoms with Gasteiger partial charge in [-0.25, -0.2) is 0 Å². The first-order chi connectivity index (χ1) is 13.2. The van der Waals surface area contributed by atoms with Gasteiger partial charge in [0.1, 0.15) is 12.4 Å². The molecule has 1 N–H and O–H groups in total. The van der Waals surface area contributed by atoms with Crippen molar-refractivity contribution in [3.63, 3.8) is 0 Å². The van der Waals surface area contributed by atoms with E-state index in [0.29, 0.717) is 21.3 Å². The molecule has 0 aliphatic carbocycles. The number of carbonyl (C=O) groups is 1. The Morgan fingerprint density at radius 1 is 1.14 bits per heavy atom. The van der Waals surface area contributed by atoms with Gasteiger partial charge in [-0.15, -0.1) is 11.3 Å². The zero-order valence-corrected chi connectivity index (χ0v) is 16.2. The predicted molar refractivity (Wildman–Crippen MR) is 104 cm³/mol. The summed E-state index contributed by atoms with van der Waals surface area (Å²) in [4.78, 5) is 12.7. The Labute approximate surface area is 168 Å². The summed E-state index contributed by atoms with van der Waals surface area (Å²) in [7, 11) is 0. The average molecular weight is 426 g/mol. The van der Waals surface area contributed by atoms with Crippen molar-refractivity contribution in [1.82, 2.24) is 0 Å². The number of ether oxygens (including phenoxy) is 1. The Morgan fingerprint density at radius 3 is 2.50 bits per heavy atom. The van der Waals surface area contributed by atoms with Gasteiger partial charge < -0.3 is 10.1 Å². The van der Waals surface area contributed by atoms with Gasteiger partial charge in [0, 0.05) is 16.3 Å². The SMILES string of the molecule is Cc1cc(Cl)ccc1OCc1csc(C(=O)Nc2ccc(C(F)(F)F)cc2)c1. The normalized spacial score (nSPS) is 11.3. The number of amides is 1. The molecule has 28 heavy (non-hydrogen) atoms. The molecule has 146 valence electrons. The van der Waals surface area contributed by atoms with Gasteiger partial charge in [-0.2, -0.15) is 13.2 Å². The number of carbonyl (C=O) groups excluding carboxylic acids is 1. The van der Waals surface area contributed by atoms with Crippen LogP contribution < -0.4 is 10.1 Å². The fourth-order valence-electron chi connectivity index (χ4n) is 2.44. The van der Waals surface area contributed by atoms with Crippen LogP contribution in [0.25, 0.3) is 0 Å². The summed E-state index contributed by atoms with van der Waals surface area (Å²) < 4.78 is 43.5. The molecule has 0 saturated heterocycles. The number of nitrogens with one attached hydrogen (secondary N) is 1. The van der Waals surface area contributed by atoms with E-state index < -0.39 is 17.6 Å². The van der Waals surface area contributed by atoms with Gasteiger partial charge in [-0.3, -0.25) is 4.79 Å². The third kappa shape index (κ3) is 5.05. The van der Waals surface area contributed by atoms with E-state index >= 15 is 0 Å². The van der Waals surface area contributed by atoms with E-state index in [9.17, 15) is 18.0 Å². The largest absolute Gasteiger partial charge is 0.489 e. The summed E-state index contributed by atoms with van der Waals surface area (Å²) >= 11 is 7.15. The van der Waals surface area contributed by atoms with Crippen molar-refractivity contribution >= 4 is 34.5 Å². The molecule has 2 aromatic carbocycles. The van der Waals surface area contributed by atoms with E-state index in [-0.39, 0.29) is 6.61 Å². The summed E-state index contributed by atoms with van der Waals surface area (Å²) in [6.45, 7) is 2.17. The number of halogens is 4. The fourth-order valence-corrected chi connectivity index (χ4v) is 3.46. The van der Waals surface area contributed by atoms with Crippen LogP contribution in [0.5, 0.6) is 5.75 Å². The van der Waals surface area contributed by atoms with Crippen molar-refractivity contribution in [1.29, 1.82) is 0 Å². The van der Waals surface area contributed by atoms with Crippen LogP contribution in [0.1, 0.15) is 26.4 Å². The molecule has 1 amide bonds. The van der Waals surface area contributed by atoms with Crippen molar-refractivity contribution < 1.29 is 22.7 Å². The first-order valence-corrected chi connectivity index (χ1v) is 9.43.